The molecule has 0 amide bonds. The Morgan fingerprint density at radius 3 is 2.76 bits per heavy atom. The van der Waals surface area contributed by atoms with E-state index in [1.165, 1.54) is 54.4 Å². The van der Waals surface area contributed by atoms with Crippen molar-refractivity contribution in [1.29, 1.82) is 0 Å². The third-order valence-electron chi connectivity index (χ3n) is 10.1. The molecule has 38 heavy (non-hydrogen) atoms. The summed E-state index contributed by atoms with van der Waals surface area (Å²) in [6.07, 6.45) is 11.0. The van der Waals surface area contributed by atoms with E-state index in [0.717, 1.165) is 42.9 Å². The summed E-state index contributed by atoms with van der Waals surface area (Å²) in [5.41, 5.74) is 7.63. The van der Waals surface area contributed by atoms with Crippen LogP contribution in [0.15, 0.2) is 48.0 Å². The highest BCUT2D eigenvalue weighted by atomic mass is 16.5. The van der Waals surface area contributed by atoms with Crippen molar-refractivity contribution < 1.29 is 14.3 Å². The van der Waals surface area contributed by atoms with Gasteiger partial charge in [-0.05, 0) is 111 Å². The van der Waals surface area contributed by atoms with Crippen LogP contribution in [0.5, 0.6) is 5.75 Å². The Bertz CT molecular complexity index is 1250. The second kappa shape index (κ2) is 10.2. The molecule has 1 heterocycles. The van der Waals surface area contributed by atoms with Crippen molar-refractivity contribution in [2.45, 2.75) is 77.2 Å². The number of Topliss-reactive ketones (excluding diaryl/α,β-unsaturated/α-hetero) is 1. The van der Waals surface area contributed by atoms with E-state index < -0.39 is 0 Å². The molecule has 1 spiro atoms. The van der Waals surface area contributed by atoms with Crippen molar-refractivity contribution >= 4 is 11.5 Å². The Kier molecular flexibility index (Phi) is 6.88. The van der Waals surface area contributed by atoms with E-state index in [-0.39, 0.29) is 17.3 Å². The first-order valence-electron chi connectivity index (χ1n) is 14.8. The van der Waals surface area contributed by atoms with Gasteiger partial charge in [0.1, 0.15) is 5.75 Å². The number of ketones is 1. The van der Waals surface area contributed by atoms with E-state index in [4.69, 9.17) is 9.47 Å². The molecular weight excluding hydrogens is 470 g/mol. The van der Waals surface area contributed by atoms with Crippen LogP contribution in [0.25, 0.3) is 0 Å². The fourth-order valence-electron chi connectivity index (χ4n) is 7.73. The van der Waals surface area contributed by atoms with Crippen molar-refractivity contribution in [3.63, 3.8) is 0 Å². The van der Waals surface area contributed by atoms with Gasteiger partial charge in [0.2, 0.25) is 0 Å². The van der Waals surface area contributed by atoms with E-state index in [0.29, 0.717) is 24.4 Å². The Balaban J connectivity index is 1.34. The molecule has 202 valence electrons. The zero-order valence-corrected chi connectivity index (χ0v) is 23.6. The molecule has 1 saturated carbocycles. The van der Waals surface area contributed by atoms with Crippen molar-refractivity contribution in [3.8, 4) is 5.75 Å². The molecule has 0 saturated heterocycles. The number of aryl methyl sites for hydroxylation is 2. The number of carbonyl (C=O) groups excluding carboxylic acids is 1. The lowest BCUT2D eigenvalue weighted by atomic mass is 9.64. The number of fused-ring (bicyclic) bond motifs is 3. The largest absolute Gasteiger partial charge is 0.490 e. The van der Waals surface area contributed by atoms with Crippen LogP contribution in [-0.2, 0) is 16.6 Å². The van der Waals surface area contributed by atoms with Gasteiger partial charge in [0.25, 0.3) is 0 Å². The third-order valence-corrected chi connectivity index (χ3v) is 10.1. The number of carbonyl (C=O) groups is 1. The number of hydrogen-bond donors (Lipinski definition) is 0. The maximum atomic E-state index is 12.4. The molecule has 2 aromatic rings. The predicted molar refractivity (Wildman–Crippen MR) is 153 cm³/mol. The lowest BCUT2D eigenvalue weighted by Crippen LogP contribution is -2.50. The second-order valence-corrected chi connectivity index (χ2v) is 12.4. The molecule has 0 bridgehead atoms. The average molecular weight is 514 g/mol. The fourth-order valence-corrected chi connectivity index (χ4v) is 7.73. The Hall–Kier alpha value is -2.59. The molecule has 6 rings (SSSR count). The van der Waals surface area contributed by atoms with Gasteiger partial charge in [0.15, 0.2) is 5.78 Å². The minimum atomic E-state index is -0.0413. The number of rotatable bonds is 7. The van der Waals surface area contributed by atoms with Gasteiger partial charge in [0.05, 0.1) is 18.4 Å². The molecule has 5 atom stereocenters. The minimum Gasteiger partial charge on any atom is -0.490 e. The first-order valence-corrected chi connectivity index (χ1v) is 14.8. The highest BCUT2D eigenvalue weighted by Crippen LogP contribution is 2.49. The molecule has 2 aromatic carbocycles. The zero-order valence-electron chi connectivity index (χ0n) is 23.6. The van der Waals surface area contributed by atoms with Gasteiger partial charge in [0, 0.05) is 31.2 Å². The summed E-state index contributed by atoms with van der Waals surface area (Å²) in [7, 11) is 1.90. The predicted octanol–water partition coefficient (Wildman–Crippen LogP) is 7.07. The quantitative estimate of drug-likeness (QED) is 0.293. The Morgan fingerprint density at radius 2 is 2.08 bits per heavy atom. The van der Waals surface area contributed by atoms with Crippen LogP contribution in [0.4, 0.5) is 5.69 Å². The van der Waals surface area contributed by atoms with Gasteiger partial charge < -0.3 is 14.4 Å². The topological polar surface area (TPSA) is 38.8 Å². The SMILES string of the molecule is CC[C@@H]1CC=C1[C@H](OC)[C@@H]1CC[C@H]1CN1C[C@@]2(CCCc3cc(C)ccc32)COc2ccc(C(C)=O)cc21. The minimum absolute atomic E-state index is 0.0413. The van der Waals surface area contributed by atoms with Crippen LogP contribution in [0.3, 0.4) is 0 Å². The van der Waals surface area contributed by atoms with Crippen LogP contribution >= 0.6 is 0 Å². The molecule has 4 aliphatic rings. The van der Waals surface area contributed by atoms with E-state index in [2.05, 4.69) is 49.1 Å². The van der Waals surface area contributed by atoms with Crippen molar-refractivity contribution in [2.75, 3.05) is 31.7 Å². The van der Waals surface area contributed by atoms with Gasteiger partial charge in [-0.1, -0.05) is 36.8 Å². The lowest BCUT2D eigenvalue weighted by molar-refractivity contribution is -0.00260. The normalized spacial score (nSPS) is 28.7. The molecule has 0 aromatic heterocycles. The smallest absolute Gasteiger partial charge is 0.159 e. The third kappa shape index (κ3) is 4.39. The number of hydrogen-bond acceptors (Lipinski definition) is 4. The number of ether oxygens (including phenoxy) is 2. The van der Waals surface area contributed by atoms with Crippen LogP contribution in [0.2, 0.25) is 0 Å². The van der Waals surface area contributed by atoms with Gasteiger partial charge in [-0.2, -0.15) is 0 Å². The maximum absolute atomic E-state index is 12.4. The summed E-state index contributed by atoms with van der Waals surface area (Å²) in [6.45, 7) is 8.75. The van der Waals surface area contributed by atoms with Crippen LogP contribution < -0.4 is 9.64 Å². The molecule has 0 N–H and O–H groups in total. The van der Waals surface area contributed by atoms with E-state index in [1.807, 2.05) is 19.2 Å². The standard InChI is InChI=1S/C34H43NO3/c1-5-24-9-12-28(24)33(37-4)29-13-10-27(29)19-35-20-34(16-6-7-26-17-22(2)8-14-30(26)34)21-38-32-15-11-25(23(3)36)18-31(32)35/h8,11-12,14-15,17-18,24,27,29,33H,5-7,9-10,13,16,19-21H2,1-4H3/t24-,27+,29-,33+,34+/m1/s1. The molecule has 0 unspecified atom stereocenters. The first-order chi connectivity index (χ1) is 18.4. The highest BCUT2D eigenvalue weighted by Gasteiger charge is 2.46. The van der Waals surface area contributed by atoms with Crippen LogP contribution in [0.1, 0.15) is 79.4 Å². The highest BCUT2D eigenvalue weighted by molar-refractivity contribution is 5.95. The number of anilines is 1. The van der Waals surface area contributed by atoms with Gasteiger partial charge in [-0.15, -0.1) is 0 Å². The Morgan fingerprint density at radius 1 is 1.21 bits per heavy atom. The maximum Gasteiger partial charge on any atom is 0.159 e. The van der Waals surface area contributed by atoms with E-state index in [9.17, 15) is 4.79 Å². The van der Waals surface area contributed by atoms with Crippen molar-refractivity contribution in [1.82, 2.24) is 0 Å². The molecule has 4 nitrogen and oxygen atoms in total. The first kappa shape index (κ1) is 25.7. The number of methoxy groups -OCH3 is 1. The van der Waals surface area contributed by atoms with Crippen molar-refractivity contribution in [2.24, 2.45) is 17.8 Å². The van der Waals surface area contributed by atoms with Crippen LogP contribution in [-0.4, -0.2) is 38.7 Å². The Labute approximate surface area is 228 Å². The fraction of sp³-hybridized carbons (Fsp3) is 0.559. The molecule has 3 aliphatic carbocycles. The summed E-state index contributed by atoms with van der Waals surface area (Å²) in [4.78, 5) is 15.0. The molecule has 1 fully saturated rings. The summed E-state index contributed by atoms with van der Waals surface area (Å²) in [5.74, 6) is 2.84. The van der Waals surface area contributed by atoms with E-state index in [1.54, 1.807) is 6.92 Å². The zero-order chi connectivity index (χ0) is 26.4. The molecule has 4 heteroatoms. The second-order valence-electron chi connectivity index (χ2n) is 12.4. The number of benzene rings is 2. The van der Waals surface area contributed by atoms with Crippen LogP contribution in [0, 0.1) is 24.7 Å². The number of nitrogens with zero attached hydrogens (tertiary/aromatic N) is 1. The van der Waals surface area contributed by atoms with Gasteiger partial charge in [-0.3, -0.25) is 4.79 Å². The summed E-state index contributed by atoms with van der Waals surface area (Å²) >= 11 is 0. The average Bonchev–Trinajstić information content (AvgIpc) is 3.02. The summed E-state index contributed by atoms with van der Waals surface area (Å²) in [6, 6.07) is 13.1. The monoisotopic (exact) mass is 513 g/mol. The van der Waals surface area contributed by atoms with E-state index >= 15 is 0 Å². The summed E-state index contributed by atoms with van der Waals surface area (Å²) < 4.78 is 12.8. The number of allylic oxidation sites excluding steroid dienone is 1. The van der Waals surface area contributed by atoms with Gasteiger partial charge in [-0.25, -0.2) is 0 Å². The lowest BCUT2D eigenvalue weighted by Gasteiger charge is -2.48. The van der Waals surface area contributed by atoms with Gasteiger partial charge >= 0.3 is 0 Å². The molecule has 1 aliphatic heterocycles. The molecule has 0 radical (unpaired) electrons. The summed E-state index contributed by atoms with van der Waals surface area (Å²) in [5, 5.41) is 0. The molecular formula is C34H43NO3. The van der Waals surface area contributed by atoms with Crippen molar-refractivity contribution in [3.05, 3.63) is 70.3 Å².